The maximum Gasteiger partial charge on any atom is 0.191 e. The summed E-state index contributed by atoms with van der Waals surface area (Å²) >= 11 is 0. The first kappa shape index (κ1) is 15.8. The van der Waals surface area contributed by atoms with E-state index in [9.17, 15) is 4.39 Å². The van der Waals surface area contributed by atoms with Crippen LogP contribution in [0.5, 0.6) is 0 Å². The number of aliphatic imine (C=N–C) groups is 1. The molecule has 0 amide bonds. The molecule has 0 atom stereocenters. The molecule has 0 heterocycles. The van der Waals surface area contributed by atoms with Gasteiger partial charge < -0.3 is 10.6 Å². The molecule has 4 nitrogen and oxygen atoms in total. The van der Waals surface area contributed by atoms with Crippen molar-refractivity contribution < 1.29 is 4.39 Å². The SMILES string of the molecule is CCN(CCNC(=NC)NCc1cccc(F)c1)C1CC1. The lowest BCUT2D eigenvalue weighted by Crippen LogP contribution is -2.41. The van der Waals surface area contributed by atoms with Crippen LogP contribution < -0.4 is 10.6 Å². The summed E-state index contributed by atoms with van der Waals surface area (Å²) in [7, 11) is 1.75. The lowest BCUT2D eigenvalue weighted by atomic mass is 10.2. The van der Waals surface area contributed by atoms with Crippen molar-refractivity contribution in [3.05, 3.63) is 35.6 Å². The number of guanidine groups is 1. The number of benzene rings is 1. The first-order chi connectivity index (χ1) is 10.2. The Morgan fingerprint density at radius 2 is 2.19 bits per heavy atom. The molecule has 1 aliphatic rings. The molecule has 0 aliphatic heterocycles. The minimum atomic E-state index is -0.208. The Labute approximate surface area is 126 Å². The molecule has 1 fully saturated rings. The van der Waals surface area contributed by atoms with Crippen LogP contribution in [0.15, 0.2) is 29.3 Å². The van der Waals surface area contributed by atoms with Gasteiger partial charge in [0.1, 0.15) is 5.82 Å². The maximum atomic E-state index is 13.1. The average Bonchev–Trinajstić information content (AvgIpc) is 3.31. The second-order valence-electron chi connectivity index (χ2n) is 5.34. The van der Waals surface area contributed by atoms with E-state index in [0.717, 1.165) is 37.2 Å². The lowest BCUT2D eigenvalue weighted by Gasteiger charge is -2.20. The zero-order chi connectivity index (χ0) is 15.1. The van der Waals surface area contributed by atoms with Crippen LogP contribution in [-0.2, 0) is 6.54 Å². The number of nitrogens with one attached hydrogen (secondary N) is 2. The van der Waals surface area contributed by atoms with Gasteiger partial charge in [-0.25, -0.2) is 4.39 Å². The summed E-state index contributed by atoms with van der Waals surface area (Å²) in [5, 5.41) is 6.51. The highest BCUT2D eigenvalue weighted by molar-refractivity contribution is 5.79. The van der Waals surface area contributed by atoms with Crippen molar-refractivity contribution in [1.29, 1.82) is 0 Å². The largest absolute Gasteiger partial charge is 0.355 e. The molecule has 0 spiro atoms. The van der Waals surface area contributed by atoms with Gasteiger partial charge in [-0.3, -0.25) is 9.89 Å². The van der Waals surface area contributed by atoms with Crippen molar-refractivity contribution in [3.8, 4) is 0 Å². The van der Waals surface area contributed by atoms with E-state index in [1.54, 1.807) is 13.1 Å². The van der Waals surface area contributed by atoms with Crippen molar-refractivity contribution in [3.63, 3.8) is 0 Å². The normalized spacial score (nSPS) is 15.3. The van der Waals surface area contributed by atoms with Gasteiger partial charge in [-0.05, 0) is 37.1 Å². The second kappa shape index (κ2) is 7.98. The van der Waals surface area contributed by atoms with Gasteiger partial charge in [0.05, 0.1) is 0 Å². The van der Waals surface area contributed by atoms with Gasteiger partial charge in [0, 0.05) is 32.7 Å². The molecule has 21 heavy (non-hydrogen) atoms. The Morgan fingerprint density at radius 3 is 2.81 bits per heavy atom. The summed E-state index contributed by atoms with van der Waals surface area (Å²) in [6, 6.07) is 7.39. The molecule has 0 bridgehead atoms. The molecule has 1 aliphatic carbocycles. The first-order valence-corrected chi connectivity index (χ1v) is 7.66. The molecule has 0 radical (unpaired) electrons. The number of rotatable bonds is 7. The minimum absolute atomic E-state index is 0.208. The highest BCUT2D eigenvalue weighted by Crippen LogP contribution is 2.25. The van der Waals surface area contributed by atoms with Gasteiger partial charge in [0.2, 0.25) is 0 Å². The Balaban J connectivity index is 1.70. The summed E-state index contributed by atoms with van der Waals surface area (Å²) in [6.07, 6.45) is 2.67. The highest BCUT2D eigenvalue weighted by atomic mass is 19.1. The van der Waals surface area contributed by atoms with Crippen LogP contribution in [0.2, 0.25) is 0 Å². The van der Waals surface area contributed by atoms with E-state index >= 15 is 0 Å². The molecule has 0 unspecified atom stereocenters. The number of likely N-dealkylation sites (N-methyl/N-ethyl adjacent to an activating group) is 1. The molecule has 116 valence electrons. The number of hydrogen-bond donors (Lipinski definition) is 2. The maximum absolute atomic E-state index is 13.1. The molecule has 0 saturated heterocycles. The van der Waals surface area contributed by atoms with E-state index < -0.39 is 0 Å². The van der Waals surface area contributed by atoms with Crippen molar-refractivity contribution in [2.75, 3.05) is 26.7 Å². The van der Waals surface area contributed by atoms with E-state index in [-0.39, 0.29) is 5.82 Å². The summed E-state index contributed by atoms with van der Waals surface area (Å²) in [5.41, 5.74) is 0.908. The van der Waals surface area contributed by atoms with Crippen LogP contribution >= 0.6 is 0 Å². The molecule has 1 aromatic rings. The Kier molecular flexibility index (Phi) is 5.99. The van der Waals surface area contributed by atoms with Crippen LogP contribution in [0, 0.1) is 5.82 Å². The van der Waals surface area contributed by atoms with Gasteiger partial charge in [-0.1, -0.05) is 19.1 Å². The number of nitrogens with zero attached hydrogens (tertiary/aromatic N) is 2. The first-order valence-electron chi connectivity index (χ1n) is 7.66. The van der Waals surface area contributed by atoms with Crippen LogP contribution in [0.3, 0.4) is 0 Å². The average molecular weight is 292 g/mol. The van der Waals surface area contributed by atoms with E-state index in [2.05, 4.69) is 27.4 Å². The fourth-order valence-electron chi connectivity index (χ4n) is 2.41. The predicted molar refractivity (Wildman–Crippen MR) is 84.9 cm³/mol. The molecule has 1 saturated carbocycles. The fraction of sp³-hybridized carbons (Fsp3) is 0.562. The summed E-state index contributed by atoms with van der Waals surface area (Å²) < 4.78 is 13.1. The van der Waals surface area contributed by atoms with Crippen LogP contribution in [0.25, 0.3) is 0 Å². The quantitative estimate of drug-likeness (QED) is 0.596. The standard InChI is InChI=1S/C16H25FN4/c1-3-21(15-7-8-15)10-9-19-16(18-2)20-12-13-5-4-6-14(17)11-13/h4-6,11,15H,3,7-10,12H2,1-2H3,(H2,18,19,20). The number of halogens is 1. The summed E-state index contributed by atoms with van der Waals surface area (Å²) in [4.78, 5) is 6.68. The van der Waals surface area contributed by atoms with Gasteiger partial charge in [-0.2, -0.15) is 0 Å². The molecule has 2 rings (SSSR count). The molecule has 5 heteroatoms. The number of hydrogen-bond acceptors (Lipinski definition) is 2. The van der Waals surface area contributed by atoms with Gasteiger partial charge in [0.25, 0.3) is 0 Å². The van der Waals surface area contributed by atoms with Crippen LogP contribution in [0.1, 0.15) is 25.3 Å². The molecule has 1 aromatic carbocycles. The van der Waals surface area contributed by atoms with Gasteiger partial charge in [-0.15, -0.1) is 0 Å². The van der Waals surface area contributed by atoms with Crippen molar-refractivity contribution in [2.24, 2.45) is 4.99 Å². The third-order valence-electron chi connectivity index (χ3n) is 3.73. The van der Waals surface area contributed by atoms with Crippen molar-refractivity contribution in [2.45, 2.75) is 32.4 Å². The Bertz CT molecular complexity index is 471. The van der Waals surface area contributed by atoms with Crippen molar-refractivity contribution in [1.82, 2.24) is 15.5 Å². The zero-order valence-electron chi connectivity index (χ0n) is 12.9. The Hall–Kier alpha value is -1.62. The molecular weight excluding hydrogens is 267 g/mol. The molecule has 2 N–H and O–H groups in total. The highest BCUT2D eigenvalue weighted by Gasteiger charge is 2.27. The third-order valence-corrected chi connectivity index (χ3v) is 3.73. The topological polar surface area (TPSA) is 39.7 Å². The Morgan fingerprint density at radius 1 is 1.38 bits per heavy atom. The smallest absolute Gasteiger partial charge is 0.191 e. The van der Waals surface area contributed by atoms with E-state index in [4.69, 9.17) is 0 Å². The fourth-order valence-corrected chi connectivity index (χ4v) is 2.41. The van der Waals surface area contributed by atoms with E-state index in [1.807, 2.05) is 6.07 Å². The third kappa shape index (κ3) is 5.34. The van der Waals surface area contributed by atoms with Crippen molar-refractivity contribution >= 4 is 5.96 Å². The van der Waals surface area contributed by atoms with Gasteiger partial charge in [0.15, 0.2) is 5.96 Å². The van der Waals surface area contributed by atoms with Gasteiger partial charge >= 0.3 is 0 Å². The monoisotopic (exact) mass is 292 g/mol. The van der Waals surface area contributed by atoms with E-state index in [0.29, 0.717) is 6.54 Å². The molecular formula is C16H25FN4. The zero-order valence-corrected chi connectivity index (χ0v) is 12.9. The van der Waals surface area contributed by atoms with Crippen LogP contribution in [0.4, 0.5) is 4.39 Å². The second-order valence-corrected chi connectivity index (χ2v) is 5.34. The minimum Gasteiger partial charge on any atom is -0.355 e. The molecule has 0 aromatic heterocycles. The lowest BCUT2D eigenvalue weighted by molar-refractivity contribution is 0.282. The predicted octanol–water partition coefficient (Wildman–Crippen LogP) is 1.97. The van der Waals surface area contributed by atoms with Crippen LogP contribution in [-0.4, -0.2) is 43.6 Å². The van der Waals surface area contributed by atoms with E-state index in [1.165, 1.54) is 25.0 Å². The summed E-state index contributed by atoms with van der Waals surface area (Å²) in [6.45, 7) is 5.77. The summed E-state index contributed by atoms with van der Waals surface area (Å²) in [5.74, 6) is 0.548.